The number of hydrogen-bond acceptors (Lipinski definition) is 5. The summed E-state index contributed by atoms with van der Waals surface area (Å²) in [5.74, 6) is 5.16. The molecule has 4 N–H and O–H groups in total. The van der Waals surface area contributed by atoms with Gasteiger partial charge in [0, 0.05) is 10.7 Å². The van der Waals surface area contributed by atoms with E-state index in [9.17, 15) is 4.79 Å². The van der Waals surface area contributed by atoms with Crippen molar-refractivity contribution in [3.8, 4) is 0 Å². The lowest BCUT2D eigenvalue weighted by molar-refractivity contribution is 0.102. The fourth-order valence-corrected chi connectivity index (χ4v) is 1.47. The van der Waals surface area contributed by atoms with Crippen LogP contribution in [-0.2, 0) is 0 Å². The number of aromatic nitrogens is 2. The summed E-state index contributed by atoms with van der Waals surface area (Å²) in [6, 6.07) is 6.83. The summed E-state index contributed by atoms with van der Waals surface area (Å²) in [6.07, 6.45) is 2.70. The van der Waals surface area contributed by atoms with Gasteiger partial charge in [-0.05, 0) is 18.2 Å². The molecule has 0 fully saturated rings. The Bertz CT molecular complexity index is 558. The van der Waals surface area contributed by atoms with Gasteiger partial charge in [0.1, 0.15) is 5.69 Å². The van der Waals surface area contributed by atoms with Crippen molar-refractivity contribution in [1.82, 2.24) is 9.97 Å². The summed E-state index contributed by atoms with van der Waals surface area (Å²) < 4.78 is 0. The van der Waals surface area contributed by atoms with E-state index in [1.54, 1.807) is 24.3 Å². The van der Waals surface area contributed by atoms with Gasteiger partial charge in [0.05, 0.1) is 12.4 Å². The van der Waals surface area contributed by atoms with Crippen molar-refractivity contribution in [1.29, 1.82) is 0 Å². The fourth-order valence-electron chi connectivity index (χ4n) is 1.28. The number of rotatable bonds is 3. The maximum atomic E-state index is 11.8. The lowest BCUT2D eigenvalue weighted by Crippen LogP contribution is -2.15. The first-order valence-corrected chi connectivity index (χ1v) is 5.42. The van der Waals surface area contributed by atoms with Gasteiger partial charge in [0.15, 0.2) is 5.82 Å². The average molecular weight is 264 g/mol. The molecule has 2 aromatic rings. The number of amides is 1. The van der Waals surface area contributed by atoms with Crippen LogP contribution in [0.3, 0.4) is 0 Å². The topological polar surface area (TPSA) is 92.9 Å². The van der Waals surface area contributed by atoms with Gasteiger partial charge in [-0.2, -0.15) is 0 Å². The Hall–Kier alpha value is -2.18. The highest BCUT2D eigenvalue weighted by molar-refractivity contribution is 6.30. The fraction of sp³-hybridized carbons (Fsp3) is 0. The molecule has 0 saturated carbocycles. The zero-order chi connectivity index (χ0) is 13.0. The minimum absolute atomic E-state index is 0.189. The van der Waals surface area contributed by atoms with Crippen molar-refractivity contribution in [2.75, 3.05) is 10.7 Å². The van der Waals surface area contributed by atoms with E-state index in [0.29, 0.717) is 16.5 Å². The molecule has 0 aliphatic heterocycles. The number of carbonyl (C=O) groups excluding carboxylic acids is 1. The highest BCUT2D eigenvalue weighted by Crippen LogP contribution is 2.15. The zero-order valence-electron chi connectivity index (χ0n) is 9.22. The van der Waals surface area contributed by atoms with E-state index in [4.69, 9.17) is 17.4 Å². The second-order valence-electron chi connectivity index (χ2n) is 3.40. The van der Waals surface area contributed by atoms with Crippen LogP contribution in [0.1, 0.15) is 10.5 Å². The largest absolute Gasteiger partial charge is 0.321 e. The van der Waals surface area contributed by atoms with Gasteiger partial charge in [-0.15, -0.1) is 0 Å². The van der Waals surface area contributed by atoms with Gasteiger partial charge >= 0.3 is 0 Å². The number of hydrogen-bond donors (Lipinski definition) is 3. The monoisotopic (exact) mass is 263 g/mol. The molecule has 0 saturated heterocycles. The molecule has 0 aliphatic carbocycles. The molecule has 0 spiro atoms. The molecular weight excluding hydrogens is 254 g/mol. The number of anilines is 2. The number of hydrazine groups is 1. The molecule has 2 rings (SSSR count). The highest BCUT2D eigenvalue weighted by atomic mass is 35.5. The van der Waals surface area contributed by atoms with Crippen LogP contribution in [-0.4, -0.2) is 15.9 Å². The van der Waals surface area contributed by atoms with Crippen LogP contribution in [0.2, 0.25) is 5.02 Å². The third-order valence-corrected chi connectivity index (χ3v) is 2.35. The molecule has 0 radical (unpaired) electrons. The van der Waals surface area contributed by atoms with Crippen molar-refractivity contribution >= 4 is 29.0 Å². The first kappa shape index (κ1) is 12.3. The Morgan fingerprint density at radius 1 is 1.28 bits per heavy atom. The molecule has 7 heteroatoms. The van der Waals surface area contributed by atoms with E-state index < -0.39 is 0 Å². The molecule has 6 nitrogen and oxygen atoms in total. The average Bonchev–Trinajstić information content (AvgIpc) is 2.39. The van der Waals surface area contributed by atoms with Crippen LogP contribution in [0.25, 0.3) is 0 Å². The van der Waals surface area contributed by atoms with E-state index in [-0.39, 0.29) is 11.6 Å². The van der Waals surface area contributed by atoms with E-state index in [1.165, 1.54) is 12.4 Å². The van der Waals surface area contributed by atoms with E-state index in [0.717, 1.165) is 0 Å². The summed E-state index contributed by atoms with van der Waals surface area (Å²) in [5, 5.41) is 3.20. The smallest absolute Gasteiger partial charge is 0.275 e. The molecule has 1 aromatic heterocycles. The number of nitrogens with zero attached hydrogens (tertiary/aromatic N) is 2. The van der Waals surface area contributed by atoms with Crippen LogP contribution in [0, 0.1) is 0 Å². The second kappa shape index (κ2) is 5.44. The maximum Gasteiger partial charge on any atom is 0.275 e. The van der Waals surface area contributed by atoms with Crippen LogP contribution in [0.5, 0.6) is 0 Å². The lowest BCUT2D eigenvalue weighted by atomic mass is 10.3. The third kappa shape index (κ3) is 2.93. The third-order valence-electron chi connectivity index (χ3n) is 2.11. The number of nitrogen functional groups attached to an aromatic ring is 1. The highest BCUT2D eigenvalue weighted by Gasteiger charge is 2.08. The lowest BCUT2D eigenvalue weighted by Gasteiger charge is -2.05. The second-order valence-corrected chi connectivity index (χ2v) is 3.83. The summed E-state index contributed by atoms with van der Waals surface area (Å²) in [6.45, 7) is 0. The Morgan fingerprint density at radius 3 is 2.72 bits per heavy atom. The number of nitrogens with one attached hydrogen (secondary N) is 2. The summed E-state index contributed by atoms with van der Waals surface area (Å²) in [7, 11) is 0. The SMILES string of the molecule is NNc1cnc(C(=O)Nc2cccc(Cl)c2)cn1. The molecule has 0 bridgehead atoms. The van der Waals surface area contributed by atoms with E-state index in [1.807, 2.05) is 0 Å². The van der Waals surface area contributed by atoms with E-state index >= 15 is 0 Å². The minimum atomic E-state index is -0.367. The molecule has 1 heterocycles. The van der Waals surface area contributed by atoms with Gasteiger partial charge < -0.3 is 10.7 Å². The first-order chi connectivity index (χ1) is 8.69. The van der Waals surface area contributed by atoms with Gasteiger partial charge in [0.25, 0.3) is 5.91 Å². The van der Waals surface area contributed by atoms with Gasteiger partial charge in [-0.1, -0.05) is 17.7 Å². The van der Waals surface area contributed by atoms with Crippen molar-refractivity contribution in [3.63, 3.8) is 0 Å². The molecule has 1 aromatic carbocycles. The summed E-state index contributed by atoms with van der Waals surface area (Å²) >= 11 is 5.81. The molecule has 0 atom stereocenters. The van der Waals surface area contributed by atoms with Gasteiger partial charge in [-0.3, -0.25) is 4.79 Å². The first-order valence-electron chi connectivity index (χ1n) is 5.04. The number of carbonyl (C=O) groups is 1. The van der Waals surface area contributed by atoms with Crippen LogP contribution >= 0.6 is 11.6 Å². The predicted molar refractivity (Wildman–Crippen MR) is 69.2 cm³/mol. The molecule has 0 aliphatic rings. The quantitative estimate of drug-likeness (QED) is 0.579. The zero-order valence-corrected chi connectivity index (χ0v) is 9.98. The molecule has 0 unspecified atom stereocenters. The van der Waals surface area contributed by atoms with Gasteiger partial charge in [-0.25, -0.2) is 15.8 Å². The standard InChI is InChI=1S/C11H10ClN5O/c12-7-2-1-3-8(4-7)16-11(18)9-5-15-10(17-13)6-14-9/h1-6H,13H2,(H,15,17)(H,16,18). The number of benzene rings is 1. The number of halogens is 1. The Labute approximate surface area is 108 Å². The molecular formula is C11H10ClN5O. The maximum absolute atomic E-state index is 11.8. The Morgan fingerprint density at radius 2 is 2.11 bits per heavy atom. The molecule has 92 valence electrons. The van der Waals surface area contributed by atoms with Crippen molar-refractivity contribution in [2.45, 2.75) is 0 Å². The van der Waals surface area contributed by atoms with Crippen molar-refractivity contribution in [2.24, 2.45) is 5.84 Å². The van der Waals surface area contributed by atoms with E-state index in [2.05, 4.69) is 20.7 Å². The Balaban J connectivity index is 2.11. The van der Waals surface area contributed by atoms with Crippen LogP contribution < -0.4 is 16.6 Å². The van der Waals surface area contributed by atoms with Crippen molar-refractivity contribution in [3.05, 3.63) is 47.4 Å². The van der Waals surface area contributed by atoms with Gasteiger partial charge in [0.2, 0.25) is 0 Å². The number of nitrogens with two attached hydrogens (primary N) is 1. The minimum Gasteiger partial charge on any atom is -0.321 e. The van der Waals surface area contributed by atoms with Crippen LogP contribution in [0.15, 0.2) is 36.7 Å². The van der Waals surface area contributed by atoms with Crippen LogP contribution in [0.4, 0.5) is 11.5 Å². The molecule has 18 heavy (non-hydrogen) atoms. The predicted octanol–water partition coefficient (Wildman–Crippen LogP) is 1.67. The Kier molecular flexibility index (Phi) is 3.71. The summed E-state index contributed by atoms with van der Waals surface area (Å²) in [4.78, 5) is 19.6. The molecule has 1 amide bonds. The van der Waals surface area contributed by atoms with Crippen molar-refractivity contribution < 1.29 is 4.79 Å². The summed E-state index contributed by atoms with van der Waals surface area (Å²) in [5.41, 5.74) is 3.11. The normalized spacial score (nSPS) is 9.89.